The van der Waals surface area contributed by atoms with Gasteiger partial charge in [0.15, 0.2) is 0 Å². The van der Waals surface area contributed by atoms with Gasteiger partial charge in [-0.1, -0.05) is 159 Å². The number of benzene rings is 7. The molecule has 7 heteroatoms. The van der Waals surface area contributed by atoms with Crippen molar-refractivity contribution in [1.29, 1.82) is 0 Å². The molecular weight excluding hydrogens is 940 g/mol. The van der Waals surface area contributed by atoms with E-state index in [1.54, 1.807) is 0 Å². The van der Waals surface area contributed by atoms with Gasteiger partial charge < -0.3 is 4.57 Å². The SMILES string of the molecule is Cc1nc2c3[c-]c(C(c4[c-]c5c(cc4)c4ccccc4n5-c4nccn4-c4c(C(C)C)cccc4C(C)C)(c4ccccc4)c4ccccc4)ccc3c3ccccc3n2n1.[Pt+2]. The summed E-state index contributed by atoms with van der Waals surface area (Å²) < 4.78 is 6.59. The quantitative estimate of drug-likeness (QED) is 0.0866. The van der Waals surface area contributed by atoms with Crippen LogP contribution < -0.4 is 0 Å². The Hall–Kier alpha value is -6.62. The summed E-state index contributed by atoms with van der Waals surface area (Å²) in [5, 5.41) is 10.3. The van der Waals surface area contributed by atoms with E-state index in [2.05, 4.69) is 207 Å². The van der Waals surface area contributed by atoms with Gasteiger partial charge in [0.25, 0.3) is 0 Å². The van der Waals surface area contributed by atoms with E-state index >= 15 is 0 Å². The van der Waals surface area contributed by atoms with Crippen LogP contribution in [-0.2, 0) is 26.5 Å². The smallest absolute Gasteiger partial charge is 0.304 e. The summed E-state index contributed by atoms with van der Waals surface area (Å²) in [6, 6.07) is 62.7. The summed E-state index contributed by atoms with van der Waals surface area (Å²) in [5.74, 6) is 2.18. The molecule has 0 saturated carbocycles. The first-order valence-electron chi connectivity index (χ1n) is 21.2. The van der Waals surface area contributed by atoms with Gasteiger partial charge >= 0.3 is 21.1 Å². The number of para-hydroxylation sites is 3. The van der Waals surface area contributed by atoms with E-state index in [1.165, 1.54) is 16.8 Å². The Bertz CT molecular complexity index is 3380. The van der Waals surface area contributed by atoms with Crippen LogP contribution in [0, 0.1) is 19.1 Å². The molecule has 0 aliphatic rings. The van der Waals surface area contributed by atoms with Crippen molar-refractivity contribution in [2.24, 2.45) is 0 Å². The molecule has 0 saturated heterocycles. The number of imidazole rings is 1. The second kappa shape index (κ2) is 15.4. The molecule has 0 atom stereocenters. The van der Waals surface area contributed by atoms with E-state index in [1.807, 2.05) is 17.6 Å². The standard InChI is InChI=1S/C55H44N6.Pt/c1-35(2)42-23-16-24-43(36(3)4)52(42)59-32-31-56-54(59)60-49-25-14-12-22-46(49)47-30-28-41(34-51(47)60)55(38-17-8-6-9-18-38,39-19-10-7-11-20-39)40-27-29-44-45-21-13-15-26-50(45)61-53(48(44)33-40)57-37(5)58-61;/h6-32,35-36H,1-5H3;/q-2;+2. The molecule has 4 heterocycles. The van der Waals surface area contributed by atoms with Crippen molar-refractivity contribution in [3.05, 3.63) is 215 Å². The topological polar surface area (TPSA) is 52.9 Å². The molecule has 62 heavy (non-hydrogen) atoms. The fourth-order valence-electron chi connectivity index (χ4n) is 9.80. The van der Waals surface area contributed by atoms with Crippen LogP contribution in [0.5, 0.6) is 0 Å². The largest absolute Gasteiger partial charge is 2.00 e. The first-order valence-corrected chi connectivity index (χ1v) is 21.2. The summed E-state index contributed by atoms with van der Waals surface area (Å²) in [4.78, 5) is 10.2. The van der Waals surface area contributed by atoms with E-state index in [0.29, 0.717) is 11.8 Å². The van der Waals surface area contributed by atoms with E-state index < -0.39 is 5.41 Å². The van der Waals surface area contributed by atoms with Crippen molar-refractivity contribution < 1.29 is 21.1 Å². The molecule has 0 radical (unpaired) electrons. The Morgan fingerprint density at radius 3 is 1.77 bits per heavy atom. The zero-order valence-electron chi connectivity index (χ0n) is 35.2. The monoisotopic (exact) mass is 983 g/mol. The molecule has 0 amide bonds. The Morgan fingerprint density at radius 1 is 0.565 bits per heavy atom. The number of aryl methyl sites for hydroxylation is 1. The molecule has 304 valence electrons. The Kier molecular flexibility index (Phi) is 9.80. The van der Waals surface area contributed by atoms with Crippen LogP contribution in [0.15, 0.2) is 164 Å². The summed E-state index contributed by atoms with van der Waals surface area (Å²) in [7, 11) is 0. The molecule has 0 aliphatic heterocycles. The third-order valence-corrected chi connectivity index (χ3v) is 12.5. The molecule has 11 aromatic rings. The fourth-order valence-corrected chi connectivity index (χ4v) is 9.80. The molecule has 0 aliphatic carbocycles. The van der Waals surface area contributed by atoms with Crippen LogP contribution in [0.25, 0.3) is 60.8 Å². The van der Waals surface area contributed by atoms with Crippen LogP contribution >= 0.6 is 0 Å². The minimum atomic E-state index is -0.839. The predicted molar refractivity (Wildman–Crippen MR) is 248 cm³/mol. The number of hydrogen-bond donors (Lipinski definition) is 0. The zero-order valence-corrected chi connectivity index (χ0v) is 37.5. The molecule has 0 bridgehead atoms. The maximum Gasteiger partial charge on any atom is 2.00 e. The Morgan fingerprint density at radius 2 is 1.13 bits per heavy atom. The number of fused-ring (bicyclic) bond motifs is 9. The van der Waals surface area contributed by atoms with Gasteiger partial charge in [0.05, 0.1) is 16.9 Å². The summed E-state index contributed by atoms with van der Waals surface area (Å²) >= 11 is 0. The van der Waals surface area contributed by atoms with Gasteiger partial charge in [0.2, 0.25) is 5.95 Å². The van der Waals surface area contributed by atoms with Gasteiger partial charge in [0.1, 0.15) is 5.82 Å². The van der Waals surface area contributed by atoms with Crippen LogP contribution in [0.1, 0.15) is 78.7 Å². The van der Waals surface area contributed by atoms with Crippen molar-refractivity contribution in [2.75, 3.05) is 0 Å². The molecule has 11 rings (SSSR count). The van der Waals surface area contributed by atoms with Gasteiger partial charge in [-0.05, 0) is 63.9 Å². The third kappa shape index (κ3) is 5.91. The van der Waals surface area contributed by atoms with E-state index in [9.17, 15) is 0 Å². The van der Waals surface area contributed by atoms with E-state index in [4.69, 9.17) is 15.1 Å². The third-order valence-electron chi connectivity index (χ3n) is 12.5. The van der Waals surface area contributed by atoms with Crippen LogP contribution in [0.4, 0.5) is 0 Å². The predicted octanol–water partition coefficient (Wildman–Crippen LogP) is 12.9. The number of nitrogens with zero attached hydrogens (tertiary/aromatic N) is 6. The van der Waals surface area contributed by atoms with Gasteiger partial charge in [-0.15, -0.1) is 34.7 Å². The molecule has 7 aromatic carbocycles. The molecule has 0 spiro atoms. The van der Waals surface area contributed by atoms with Crippen LogP contribution in [0.3, 0.4) is 0 Å². The molecule has 0 unspecified atom stereocenters. The number of rotatable bonds is 8. The molecule has 0 fully saturated rings. The van der Waals surface area contributed by atoms with Gasteiger partial charge in [0, 0.05) is 23.3 Å². The van der Waals surface area contributed by atoms with Crippen molar-refractivity contribution in [3.8, 4) is 11.6 Å². The maximum absolute atomic E-state index is 5.18. The number of pyridine rings is 1. The summed E-state index contributed by atoms with van der Waals surface area (Å²) in [5.41, 5.74) is 11.0. The van der Waals surface area contributed by atoms with Crippen molar-refractivity contribution >= 4 is 49.1 Å². The van der Waals surface area contributed by atoms with Gasteiger partial charge in [-0.2, -0.15) is 23.3 Å². The average Bonchev–Trinajstić information content (AvgIpc) is 4.02. The maximum atomic E-state index is 5.18. The van der Waals surface area contributed by atoms with Gasteiger partial charge in [-0.25, -0.2) is 4.98 Å². The minimum Gasteiger partial charge on any atom is -0.304 e. The zero-order chi connectivity index (χ0) is 41.4. The Balaban J connectivity index is 0.00000458. The summed E-state index contributed by atoms with van der Waals surface area (Å²) in [6.07, 6.45) is 4.05. The second-order valence-electron chi connectivity index (χ2n) is 16.7. The molecule has 6 nitrogen and oxygen atoms in total. The first-order chi connectivity index (χ1) is 29.8. The normalized spacial score (nSPS) is 12.1. The van der Waals surface area contributed by atoms with Gasteiger partial charge in [-0.3, -0.25) is 14.1 Å². The van der Waals surface area contributed by atoms with Crippen LogP contribution in [-0.4, -0.2) is 28.7 Å². The van der Waals surface area contributed by atoms with Crippen molar-refractivity contribution in [2.45, 2.75) is 51.9 Å². The first kappa shape index (κ1) is 39.5. The molecular formula is C55H44N6Pt. The summed E-state index contributed by atoms with van der Waals surface area (Å²) in [6.45, 7) is 11.0. The number of hydrogen-bond acceptors (Lipinski definition) is 3. The van der Waals surface area contributed by atoms with Crippen molar-refractivity contribution in [3.63, 3.8) is 0 Å². The average molecular weight is 984 g/mol. The van der Waals surface area contributed by atoms with Crippen LogP contribution in [0.2, 0.25) is 0 Å². The Labute approximate surface area is 375 Å². The van der Waals surface area contributed by atoms with E-state index in [0.717, 1.165) is 83.2 Å². The minimum absolute atomic E-state index is 0. The molecule has 4 aromatic heterocycles. The number of aromatic nitrogens is 6. The second-order valence-corrected chi connectivity index (χ2v) is 16.7. The molecule has 0 N–H and O–H groups in total. The van der Waals surface area contributed by atoms with E-state index in [-0.39, 0.29) is 21.1 Å². The fraction of sp³-hybridized carbons (Fsp3) is 0.145. The van der Waals surface area contributed by atoms with Crippen molar-refractivity contribution in [1.82, 2.24) is 28.7 Å².